The number of nitrogens with one attached hydrogen (secondary N) is 1. The highest BCUT2D eigenvalue weighted by Gasteiger charge is 2.23. The number of carbonyl (C=O) groups excluding carboxylic acids is 1. The Balaban J connectivity index is 1.40. The van der Waals surface area contributed by atoms with Crippen LogP contribution in [-0.4, -0.2) is 61.5 Å². The molecule has 8 nitrogen and oxygen atoms in total. The van der Waals surface area contributed by atoms with Gasteiger partial charge < -0.3 is 24.6 Å². The van der Waals surface area contributed by atoms with Crippen molar-refractivity contribution in [3.05, 3.63) is 59.4 Å². The van der Waals surface area contributed by atoms with Gasteiger partial charge in [-0.1, -0.05) is 17.7 Å². The van der Waals surface area contributed by atoms with E-state index >= 15 is 0 Å². The molecule has 0 bridgehead atoms. The maximum absolute atomic E-state index is 14.0. The number of piperazine rings is 1. The highest BCUT2D eigenvalue weighted by atomic mass is 35.5. The van der Waals surface area contributed by atoms with Gasteiger partial charge in [-0.15, -0.1) is 10.2 Å². The van der Waals surface area contributed by atoms with E-state index in [9.17, 15) is 9.18 Å². The third-order valence-electron chi connectivity index (χ3n) is 5.42. The summed E-state index contributed by atoms with van der Waals surface area (Å²) < 4.78 is 24.7. The lowest BCUT2D eigenvalue weighted by Crippen LogP contribution is -2.50. The normalized spacial score (nSPS) is 13.6. The molecule has 0 radical (unpaired) electrons. The van der Waals surface area contributed by atoms with Crippen molar-refractivity contribution >= 4 is 29.1 Å². The number of benzene rings is 2. The van der Waals surface area contributed by atoms with Crippen LogP contribution in [0.25, 0.3) is 11.3 Å². The average molecular weight is 472 g/mol. The minimum atomic E-state index is -0.572. The van der Waals surface area contributed by atoms with Crippen molar-refractivity contribution in [1.82, 2.24) is 15.1 Å². The number of aromatic nitrogens is 2. The van der Waals surface area contributed by atoms with E-state index in [4.69, 9.17) is 21.1 Å². The van der Waals surface area contributed by atoms with Gasteiger partial charge in [-0.3, -0.25) is 0 Å². The van der Waals surface area contributed by atoms with Gasteiger partial charge in [-0.05, 0) is 42.5 Å². The third-order valence-corrected chi connectivity index (χ3v) is 5.73. The molecule has 0 unspecified atom stereocenters. The summed E-state index contributed by atoms with van der Waals surface area (Å²) in [4.78, 5) is 16.2. The van der Waals surface area contributed by atoms with Crippen LogP contribution in [0, 0.1) is 5.82 Å². The molecule has 2 heterocycles. The number of hydrogen-bond donors (Lipinski definition) is 1. The summed E-state index contributed by atoms with van der Waals surface area (Å²) in [6.45, 7) is 2.03. The Morgan fingerprint density at radius 2 is 1.82 bits per heavy atom. The molecule has 1 N–H and O–H groups in total. The molecular formula is C23H23ClFN5O3. The zero-order valence-corrected chi connectivity index (χ0v) is 19.0. The van der Waals surface area contributed by atoms with Crippen molar-refractivity contribution in [2.24, 2.45) is 0 Å². The van der Waals surface area contributed by atoms with Crippen molar-refractivity contribution < 1.29 is 18.7 Å². The van der Waals surface area contributed by atoms with Crippen LogP contribution >= 0.6 is 11.6 Å². The van der Waals surface area contributed by atoms with Crippen molar-refractivity contribution in [1.29, 1.82) is 0 Å². The summed E-state index contributed by atoms with van der Waals surface area (Å²) in [5, 5.41) is 11.4. The summed E-state index contributed by atoms with van der Waals surface area (Å²) in [6, 6.07) is 13.1. The van der Waals surface area contributed by atoms with Crippen molar-refractivity contribution in [2.75, 3.05) is 50.6 Å². The first-order chi connectivity index (χ1) is 16.0. The lowest BCUT2D eigenvalue weighted by Gasteiger charge is -2.35. The van der Waals surface area contributed by atoms with E-state index in [-0.39, 0.29) is 10.7 Å². The van der Waals surface area contributed by atoms with Crippen LogP contribution in [0.2, 0.25) is 5.02 Å². The lowest BCUT2D eigenvalue weighted by molar-refractivity contribution is 0.208. The zero-order chi connectivity index (χ0) is 23.4. The van der Waals surface area contributed by atoms with E-state index in [1.165, 1.54) is 18.2 Å². The predicted octanol–water partition coefficient (Wildman–Crippen LogP) is 4.31. The number of anilines is 2. The van der Waals surface area contributed by atoms with Crippen LogP contribution in [0.5, 0.6) is 11.5 Å². The minimum absolute atomic E-state index is 0.0129. The third kappa shape index (κ3) is 4.93. The molecule has 0 aliphatic carbocycles. The Hall–Kier alpha value is -3.59. The van der Waals surface area contributed by atoms with Gasteiger partial charge >= 0.3 is 6.03 Å². The van der Waals surface area contributed by atoms with E-state index in [1.807, 2.05) is 35.2 Å². The van der Waals surface area contributed by atoms with Gasteiger partial charge in [0.15, 0.2) is 5.82 Å². The van der Waals surface area contributed by atoms with Crippen LogP contribution in [0.4, 0.5) is 20.7 Å². The number of methoxy groups -OCH3 is 2. The highest BCUT2D eigenvalue weighted by molar-refractivity contribution is 6.33. The van der Waals surface area contributed by atoms with Crippen LogP contribution < -0.4 is 19.7 Å². The fourth-order valence-electron chi connectivity index (χ4n) is 3.59. The molecule has 10 heteroatoms. The largest absolute Gasteiger partial charge is 0.497 e. The summed E-state index contributed by atoms with van der Waals surface area (Å²) in [5.41, 5.74) is 1.43. The topological polar surface area (TPSA) is 79.8 Å². The van der Waals surface area contributed by atoms with Crippen molar-refractivity contribution in [3.63, 3.8) is 0 Å². The lowest BCUT2D eigenvalue weighted by atomic mass is 10.1. The summed E-state index contributed by atoms with van der Waals surface area (Å²) in [5.74, 6) is 1.51. The Morgan fingerprint density at radius 1 is 1.03 bits per heavy atom. The number of nitrogens with zero attached hydrogens (tertiary/aromatic N) is 4. The van der Waals surface area contributed by atoms with Gasteiger partial charge in [0.25, 0.3) is 0 Å². The molecular weight excluding hydrogens is 449 g/mol. The molecule has 33 heavy (non-hydrogen) atoms. The average Bonchev–Trinajstić information content (AvgIpc) is 2.86. The first kappa shape index (κ1) is 22.6. The highest BCUT2D eigenvalue weighted by Crippen LogP contribution is 2.32. The van der Waals surface area contributed by atoms with Gasteiger partial charge in [0.05, 0.1) is 30.6 Å². The van der Waals surface area contributed by atoms with Gasteiger partial charge in [0.2, 0.25) is 0 Å². The van der Waals surface area contributed by atoms with E-state index in [1.54, 1.807) is 19.1 Å². The first-order valence-corrected chi connectivity index (χ1v) is 10.7. The number of hydrogen-bond acceptors (Lipinski definition) is 6. The van der Waals surface area contributed by atoms with Crippen molar-refractivity contribution in [3.8, 4) is 22.8 Å². The molecule has 172 valence electrons. The second-order valence-corrected chi connectivity index (χ2v) is 7.75. The number of halogens is 2. The molecule has 1 fully saturated rings. The molecule has 4 rings (SSSR count). The fourth-order valence-corrected chi connectivity index (χ4v) is 3.80. The van der Waals surface area contributed by atoms with Crippen molar-refractivity contribution in [2.45, 2.75) is 0 Å². The Labute approximate surface area is 195 Å². The number of urea groups is 1. The molecule has 1 aliphatic heterocycles. The number of para-hydroxylation sites is 1. The fraction of sp³-hybridized carbons (Fsp3) is 0.261. The Morgan fingerprint density at radius 3 is 2.45 bits per heavy atom. The molecule has 2 aromatic carbocycles. The number of amides is 2. The summed E-state index contributed by atoms with van der Waals surface area (Å²) >= 11 is 6.00. The van der Waals surface area contributed by atoms with Gasteiger partial charge in [0, 0.05) is 31.7 Å². The van der Waals surface area contributed by atoms with E-state index in [0.29, 0.717) is 49.2 Å². The zero-order valence-electron chi connectivity index (χ0n) is 18.2. The SMILES string of the molecule is COc1ccc(OC)c(-c2ccc(N3CCN(C(=O)Nc4c(F)cccc4Cl)CC3)nn2)c1. The number of carbonyl (C=O) groups is 1. The van der Waals surface area contributed by atoms with Gasteiger partial charge in [-0.2, -0.15) is 0 Å². The molecule has 2 amide bonds. The summed E-state index contributed by atoms with van der Waals surface area (Å²) in [7, 11) is 3.20. The predicted molar refractivity (Wildman–Crippen MR) is 125 cm³/mol. The Kier molecular flexibility index (Phi) is 6.79. The number of ether oxygens (including phenoxy) is 2. The van der Waals surface area contributed by atoms with Crippen LogP contribution in [0.3, 0.4) is 0 Å². The minimum Gasteiger partial charge on any atom is -0.497 e. The van der Waals surface area contributed by atoms with Gasteiger partial charge in [-0.25, -0.2) is 9.18 Å². The standard InChI is InChI=1S/C23H23ClFN5O3/c1-32-15-6-8-20(33-2)16(14-15)19-7-9-21(28-27-19)29-10-12-30(13-11-29)23(31)26-22-17(24)4-3-5-18(22)25/h3-9,14H,10-13H2,1-2H3,(H,26,31). The molecule has 3 aromatic rings. The molecule has 0 atom stereocenters. The Bertz CT molecular complexity index is 1120. The second-order valence-electron chi connectivity index (χ2n) is 7.34. The first-order valence-electron chi connectivity index (χ1n) is 10.3. The maximum Gasteiger partial charge on any atom is 0.322 e. The maximum atomic E-state index is 14.0. The molecule has 1 aliphatic rings. The molecule has 0 saturated carbocycles. The van der Waals surface area contributed by atoms with E-state index in [2.05, 4.69) is 15.5 Å². The molecule has 1 saturated heterocycles. The van der Waals surface area contributed by atoms with E-state index in [0.717, 1.165) is 5.56 Å². The van der Waals surface area contributed by atoms with E-state index < -0.39 is 11.8 Å². The monoisotopic (exact) mass is 471 g/mol. The molecule has 0 spiro atoms. The molecule has 1 aromatic heterocycles. The smallest absolute Gasteiger partial charge is 0.322 e. The van der Waals surface area contributed by atoms with Crippen LogP contribution in [-0.2, 0) is 0 Å². The van der Waals surface area contributed by atoms with Crippen LogP contribution in [0.1, 0.15) is 0 Å². The van der Waals surface area contributed by atoms with Gasteiger partial charge in [0.1, 0.15) is 17.3 Å². The summed E-state index contributed by atoms with van der Waals surface area (Å²) in [6.07, 6.45) is 0. The number of rotatable bonds is 5. The quantitative estimate of drug-likeness (QED) is 0.597. The van der Waals surface area contributed by atoms with Crippen LogP contribution in [0.15, 0.2) is 48.5 Å². The second kappa shape index (κ2) is 9.91.